The number of fused-ring (bicyclic) bond motifs is 1. The zero-order valence-electron chi connectivity index (χ0n) is 21.6. The number of aliphatic hydroxyl groups is 1. The van der Waals surface area contributed by atoms with Crippen molar-refractivity contribution >= 4 is 34.7 Å². The number of ether oxygens (including phenoxy) is 2. The quantitative estimate of drug-likeness (QED) is 0.279. The van der Waals surface area contributed by atoms with Gasteiger partial charge in [0.15, 0.2) is 11.5 Å². The van der Waals surface area contributed by atoms with Gasteiger partial charge in [0.05, 0.1) is 11.6 Å². The van der Waals surface area contributed by atoms with Crippen LogP contribution in [0, 0.1) is 0 Å². The molecule has 2 aliphatic heterocycles. The molecule has 1 saturated heterocycles. The molecule has 2 N–H and O–H groups in total. The monoisotopic (exact) mass is 512 g/mol. The minimum absolute atomic E-state index is 0.0395. The zero-order valence-corrected chi connectivity index (χ0v) is 21.6. The number of Topliss-reactive ketones (excluding diaryl/α,β-unsaturated/α-hetero) is 1. The molecule has 0 spiro atoms. The summed E-state index contributed by atoms with van der Waals surface area (Å²) in [6.07, 6.45) is 0. The molecule has 0 aliphatic carbocycles. The van der Waals surface area contributed by atoms with E-state index in [9.17, 15) is 19.5 Å². The van der Waals surface area contributed by atoms with Crippen molar-refractivity contribution in [1.29, 1.82) is 0 Å². The smallest absolute Gasteiger partial charge is 0.300 e. The molecule has 0 radical (unpaired) electrons. The van der Waals surface area contributed by atoms with E-state index in [2.05, 4.69) is 26.1 Å². The number of carbonyl (C=O) groups excluding carboxylic acids is 3. The normalized spacial score (nSPS) is 18.1. The third-order valence-electron chi connectivity index (χ3n) is 6.63. The van der Waals surface area contributed by atoms with Crippen LogP contribution in [0.15, 0.2) is 72.3 Å². The molecule has 0 aromatic heterocycles. The molecule has 3 aromatic rings. The molecule has 194 valence electrons. The maximum Gasteiger partial charge on any atom is 0.300 e. The van der Waals surface area contributed by atoms with Gasteiger partial charge in [0.1, 0.15) is 5.76 Å². The van der Waals surface area contributed by atoms with Crippen LogP contribution in [-0.4, -0.2) is 29.5 Å². The Hall–Kier alpha value is -4.59. The van der Waals surface area contributed by atoms with Gasteiger partial charge in [0, 0.05) is 23.9 Å². The van der Waals surface area contributed by atoms with Gasteiger partial charge in [-0.2, -0.15) is 0 Å². The summed E-state index contributed by atoms with van der Waals surface area (Å²) in [5.74, 6) is -1.19. The first-order valence-electron chi connectivity index (χ1n) is 12.2. The van der Waals surface area contributed by atoms with Crippen LogP contribution in [0.1, 0.15) is 50.4 Å². The number of hydrogen-bond acceptors (Lipinski definition) is 6. The second kappa shape index (κ2) is 9.37. The highest BCUT2D eigenvalue weighted by Gasteiger charge is 2.47. The number of anilines is 2. The fourth-order valence-electron chi connectivity index (χ4n) is 4.72. The van der Waals surface area contributed by atoms with Crippen LogP contribution in [0.25, 0.3) is 5.76 Å². The van der Waals surface area contributed by atoms with E-state index >= 15 is 0 Å². The van der Waals surface area contributed by atoms with Gasteiger partial charge in [0.25, 0.3) is 11.7 Å². The number of nitrogens with one attached hydrogen (secondary N) is 1. The highest BCUT2D eigenvalue weighted by atomic mass is 16.7. The lowest BCUT2D eigenvalue weighted by Crippen LogP contribution is -2.29. The fourth-order valence-corrected chi connectivity index (χ4v) is 4.72. The Bertz CT molecular complexity index is 1480. The van der Waals surface area contributed by atoms with Crippen molar-refractivity contribution in [2.45, 2.75) is 39.2 Å². The molecule has 8 nitrogen and oxygen atoms in total. The molecule has 1 fully saturated rings. The molecule has 2 aliphatic rings. The lowest BCUT2D eigenvalue weighted by molar-refractivity contribution is -0.132. The summed E-state index contributed by atoms with van der Waals surface area (Å²) in [5.41, 5.74) is 2.82. The van der Waals surface area contributed by atoms with Crippen molar-refractivity contribution in [2.75, 3.05) is 17.0 Å². The first kappa shape index (κ1) is 25.1. The third kappa shape index (κ3) is 4.49. The topological polar surface area (TPSA) is 105 Å². The number of rotatable bonds is 4. The Morgan fingerprint density at radius 2 is 1.68 bits per heavy atom. The van der Waals surface area contributed by atoms with Gasteiger partial charge in [-0.1, -0.05) is 51.1 Å². The standard InChI is InChI=1S/C30H28N2O6/c1-17(33)31-21-6-5-7-22(15-21)32-26(18-8-11-20(12-9-18)30(2,3)4)25(28(35)29(32)36)27(34)19-10-13-23-24(14-19)38-16-37-23/h5-15,26,34H,16H2,1-4H3,(H,31,33)/b27-25-. The summed E-state index contributed by atoms with van der Waals surface area (Å²) in [4.78, 5) is 40.0. The molecule has 1 atom stereocenters. The third-order valence-corrected chi connectivity index (χ3v) is 6.63. The van der Waals surface area contributed by atoms with E-state index in [-0.39, 0.29) is 29.4 Å². The average molecular weight is 513 g/mol. The fraction of sp³-hybridized carbons (Fsp3) is 0.233. The molecular weight excluding hydrogens is 484 g/mol. The van der Waals surface area contributed by atoms with Crippen molar-refractivity contribution in [3.05, 3.63) is 89.0 Å². The van der Waals surface area contributed by atoms with Gasteiger partial charge in [-0.3, -0.25) is 19.3 Å². The molecule has 8 heteroatoms. The van der Waals surface area contributed by atoms with E-state index in [0.29, 0.717) is 34.0 Å². The van der Waals surface area contributed by atoms with Crippen molar-refractivity contribution < 1.29 is 29.0 Å². The summed E-state index contributed by atoms with van der Waals surface area (Å²) in [7, 11) is 0. The van der Waals surface area contributed by atoms with Crippen LogP contribution in [0.2, 0.25) is 0 Å². The SMILES string of the molecule is CC(=O)Nc1cccc(N2C(=O)C(=O)/C(=C(\O)c3ccc4c(c3)OCO4)C2c2ccc(C(C)(C)C)cc2)c1. The van der Waals surface area contributed by atoms with E-state index in [4.69, 9.17) is 9.47 Å². The minimum atomic E-state index is -0.901. The molecule has 0 bridgehead atoms. The number of ketones is 1. The summed E-state index contributed by atoms with van der Waals surface area (Å²) in [5, 5.41) is 14.1. The van der Waals surface area contributed by atoms with Crippen LogP contribution in [0.3, 0.4) is 0 Å². The first-order chi connectivity index (χ1) is 18.0. The maximum atomic E-state index is 13.5. The van der Waals surface area contributed by atoms with Gasteiger partial charge >= 0.3 is 0 Å². The van der Waals surface area contributed by atoms with E-state index in [1.807, 2.05) is 24.3 Å². The maximum absolute atomic E-state index is 13.5. The number of aliphatic hydroxyl groups excluding tert-OH is 1. The minimum Gasteiger partial charge on any atom is -0.507 e. The summed E-state index contributed by atoms with van der Waals surface area (Å²) < 4.78 is 10.8. The van der Waals surface area contributed by atoms with E-state index < -0.39 is 17.7 Å². The largest absolute Gasteiger partial charge is 0.507 e. The highest BCUT2D eigenvalue weighted by molar-refractivity contribution is 6.51. The van der Waals surface area contributed by atoms with Gasteiger partial charge < -0.3 is 19.9 Å². The van der Waals surface area contributed by atoms with Crippen LogP contribution in [-0.2, 0) is 19.8 Å². The number of amides is 2. The molecule has 2 amide bonds. The van der Waals surface area contributed by atoms with Gasteiger partial charge in [-0.25, -0.2) is 0 Å². The van der Waals surface area contributed by atoms with Crippen LogP contribution in [0.5, 0.6) is 11.5 Å². The van der Waals surface area contributed by atoms with Crippen LogP contribution < -0.4 is 19.7 Å². The zero-order chi connectivity index (χ0) is 27.2. The lowest BCUT2D eigenvalue weighted by atomic mass is 9.85. The van der Waals surface area contributed by atoms with E-state index in [1.54, 1.807) is 42.5 Å². The van der Waals surface area contributed by atoms with E-state index in [1.165, 1.54) is 11.8 Å². The molecule has 0 saturated carbocycles. The Kier molecular flexibility index (Phi) is 6.18. The molecule has 2 heterocycles. The number of benzene rings is 3. The van der Waals surface area contributed by atoms with Crippen molar-refractivity contribution in [2.24, 2.45) is 0 Å². The van der Waals surface area contributed by atoms with Crippen LogP contribution in [0.4, 0.5) is 11.4 Å². The Morgan fingerprint density at radius 1 is 0.974 bits per heavy atom. The Morgan fingerprint density at radius 3 is 2.37 bits per heavy atom. The summed E-state index contributed by atoms with van der Waals surface area (Å²) >= 11 is 0. The van der Waals surface area contributed by atoms with Crippen molar-refractivity contribution in [3.63, 3.8) is 0 Å². The van der Waals surface area contributed by atoms with E-state index in [0.717, 1.165) is 5.56 Å². The summed E-state index contributed by atoms with van der Waals surface area (Å²) in [6.45, 7) is 7.75. The predicted molar refractivity (Wildman–Crippen MR) is 143 cm³/mol. The average Bonchev–Trinajstić information content (AvgIpc) is 3.45. The molecule has 38 heavy (non-hydrogen) atoms. The Balaban J connectivity index is 1.68. The molecule has 5 rings (SSSR count). The van der Waals surface area contributed by atoms with Gasteiger partial charge in [-0.05, 0) is 52.9 Å². The van der Waals surface area contributed by atoms with Crippen molar-refractivity contribution in [3.8, 4) is 11.5 Å². The van der Waals surface area contributed by atoms with Crippen molar-refractivity contribution in [1.82, 2.24) is 0 Å². The number of hydrogen-bond donors (Lipinski definition) is 2. The lowest BCUT2D eigenvalue weighted by Gasteiger charge is -2.27. The summed E-state index contributed by atoms with van der Waals surface area (Å²) in [6, 6.07) is 18.3. The van der Waals surface area contributed by atoms with Gasteiger partial charge in [0.2, 0.25) is 12.7 Å². The second-order valence-electron chi connectivity index (χ2n) is 10.3. The van der Waals surface area contributed by atoms with Gasteiger partial charge in [-0.15, -0.1) is 0 Å². The number of carbonyl (C=O) groups is 3. The number of nitrogens with zero attached hydrogens (tertiary/aromatic N) is 1. The predicted octanol–water partition coefficient (Wildman–Crippen LogP) is 5.30. The second-order valence-corrected chi connectivity index (χ2v) is 10.3. The molecular formula is C30H28N2O6. The van der Waals surface area contributed by atoms with Crippen LogP contribution >= 0.6 is 0 Å². The molecule has 1 unspecified atom stereocenters. The Labute approximate surface area is 220 Å². The highest BCUT2D eigenvalue weighted by Crippen LogP contribution is 2.44. The molecule has 3 aromatic carbocycles. The first-order valence-corrected chi connectivity index (χ1v) is 12.2.